The summed E-state index contributed by atoms with van der Waals surface area (Å²) < 4.78 is 47.9. The van der Waals surface area contributed by atoms with E-state index in [1.165, 1.54) is 18.6 Å². The number of benzene rings is 1. The van der Waals surface area contributed by atoms with Gasteiger partial charge in [0.1, 0.15) is 0 Å². The zero-order valence-corrected chi connectivity index (χ0v) is 13.9. The van der Waals surface area contributed by atoms with Gasteiger partial charge >= 0.3 is 5.76 Å². The summed E-state index contributed by atoms with van der Waals surface area (Å²) in [5.74, 6) is -3.38. The number of rotatable bonds is 5. The minimum Gasteiger partial charge on any atom is -0.369 e. The quantitative estimate of drug-likeness (QED) is 0.727. The van der Waals surface area contributed by atoms with Crippen molar-refractivity contribution in [2.24, 2.45) is 0 Å². The Kier molecular flexibility index (Phi) is 5.60. The van der Waals surface area contributed by atoms with Crippen LogP contribution in [0.15, 0.2) is 29.2 Å². The van der Waals surface area contributed by atoms with Gasteiger partial charge in [-0.05, 0) is 49.9 Å². The van der Waals surface area contributed by atoms with Crippen LogP contribution >= 0.6 is 15.9 Å². The van der Waals surface area contributed by atoms with Gasteiger partial charge in [-0.15, -0.1) is 0 Å². The Bertz CT molecular complexity index is 561. The van der Waals surface area contributed by atoms with Gasteiger partial charge < -0.3 is 4.90 Å². The molecule has 0 aromatic heterocycles. The molecule has 7 heteroatoms. The van der Waals surface area contributed by atoms with E-state index in [1.807, 2.05) is 0 Å². The van der Waals surface area contributed by atoms with Crippen LogP contribution in [0.5, 0.6) is 0 Å². The van der Waals surface area contributed by atoms with Crippen molar-refractivity contribution < 1.29 is 17.2 Å². The summed E-state index contributed by atoms with van der Waals surface area (Å²) >= 11 is 3.45. The molecule has 1 atom stereocenters. The largest absolute Gasteiger partial charge is 0.369 e. The first-order valence-electron chi connectivity index (χ1n) is 6.91. The molecule has 0 radical (unpaired) electrons. The monoisotopic (exact) mass is 381 g/mol. The molecule has 1 heterocycles. The third-order valence-corrected chi connectivity index (χ3v) is 5.66. The van der Waals surface area contributed by atoms with E-state index in [2.05, 4.69) is 20.8 Å². The van der Waals surface area contributed by atoms with Gasteiger partial charge in [0.2, 0.25) is 9.84 Å². The second-order valence-electron chi connectivity index (χ2n) is 5.12. The summed E-state index contributed by atoms with van der Waals surface area (Å²) in [4.78, 5) is 1.92. The molecule has 1 aliphatic rings. The molecular weight excluding hydrogens is 364 g/mol. The molecule has 0 aliphatic carbocycles. The number of halogens is 3. The van der Waals surface area contributed by atoms with E-state index in [0.717, 1.165) is 36.8 Å². The van der Waals surface area contributed by atoms with Gasteiger partial charge in [-0.1, -0.05) is 15.9 Å². The van der Waals surface area contributed by atoms with E-state index in [0.29, 0.717) is 6.04 Å². The van der Waals surface area contributed by atoms with Crippen molar-refractivity contribution in [2.75, 3.05) is 16.8 Å². The van der Waals surface area contributed by atoms with E-state index < -0.39 is 15.6 Å². The molecule has 1 aliphatic heterocycles. The van der Waals surface area contributed by atoms with Gasteiger partial charge in [0, 0.05) is 23.6 Å². The molecule has 0 amide bonds. The normalized spacial score (nSPS) is 20.0. The first kappa shape index (κ1) is 16.7. The molecule has 3 nitrogen and oxygen atoms in total. The van der Waals surface area contributed by atoms with Crippen LogP contribution in [0.25, 0.3) is 0 Å². The lowest BCUT2D eigenvalue weighted by molar-refractivity contribution is 0.234. The lowest BCUT2D eigenvalue weighted by Gasteiger charge is -2.37. The predicted molar refractivity (Wildman–Crippen MR) is 83.0 cm³/mol. The molecule has 0 saturated carbocycles. The van der Waals surface area contributed by atoms with Crippen molar-refractivity contribution in [3.63, 3.8) is 0 Å². The molecule has 1 aromatic carbocycles. The van der Waals surface area contributed by atoms with Crippen LogP contribution in [-0.2, 0) is 9.84 Å². The second kappa shape index (κ2) is 7.05. The molecule has 118 valence electrons. The Balaban J connectivity index is 2.21. The molecule has 21 heavy (non-hydrogen) atoms. The van der Waals surface area contributed by atoms with Gasteiger partial charge in [-0.25, -0.2) is 8.42 Å². The highest BCUT2D eigenvalue weighted by Crippen LogP contribution is 2.28. The summed E-state index contributed by atoms with van der Waals surface area (Å²) in [6.45, 7) is 0.915. The molecule has 1 fully saturated rings. The maximum absolute atomic E-state index is 12.5. The van der Waals surface area contributed by atoms with Crippen LogP contribution in [0, 0.1) is 0 Å². The summed E-state index contributed by atoms with van der Waals surface area (Å²) in [6.07, 6.45) is 4.39. The van der Waals surface area contributed by atoms with Crippen molar-refractivity contribution in [3.8, 4) is 0 Å². The highest BCUT2D eigenvalue weighted by molar-refractivity contribution is 9.09. The van der Waals surface area contributed by atoms with Gasteiger partial charge in [0.15, 0.2) is 0 Å². The molecule has 0 bridgehead atoms. The Morgan fingerprint density at radius 1 is 1.24 bits per heavy atom. The Morgan fingerprint density at radius 3 is 2.48 bits per heavy atom. The minimum atomic E-state index is -4.51. The van der Waals surface area contributed by atoms with E-state index >= 15 is 0 Å². The van der Waals surface area contributed by atoms with Crippen molar-refractivity contribution in [1.82, 2.24) is 0 Å². The fraction of sp³-hybridized carbons (Fsp3) is 0.571. The van der Waals surface area contributed by atoms with Gasteiger partial charge in [-0.3, -0.25) is 0 Å². The van der Waals surface area contributed by atoms with Crippen LogP contribution in [0.4, 0.5) is 14.5 Å². The smallest absolute Gasteiger partial charge is 0.341 e. The first-order valence-corrected chi connectivity index (χ1v) is 9.58. The highest BCUT2D eigenvalue weighted by atomic mass is 79.9. The molecular formula is C14H18BrF2NO2S. The lowest BCUT2D eigenvalue weighted by atomic mass is 9.99. The minimum absolute atomic E-state index is 0.324. The van der Waals surface area contributed by atoms with E-state index in [9.17, 15) is 17.2 Å². The van der Waals surface area contributed by atoms with Crippen molar-refractivity contribution in [1.29, 1.82) is 0 Å². The van der Waals surface area contributed by atoms with Crippen LogP contribution in [-0.4, -0.2) is 32.1 Å². The fourth-order valence-corrected chi connectivity index (χ4v) is 3.95. The maximum atomic E-state index is 12.5. The zero-order chi connectivity index (χ0) is 15.5. The number of nitrogens with zero attached hydrogens (tertiary/aromatic N) is 1. The molecule has 0 N–H and O–H groups in total. The van der Waals surface area contributed by atoms with Gasteiger partial charge in [0.25, 0.3) is 0 Å². The summed E-state index contributed by atoms with van der Waals surface area (Å²) in [6, 6.07) is 6.22. The average Bonchev–Trinajstić information content (AvgIpc) is 2.48. The van der Waals surface area contributed by atoms with Crippen molar-refractivity contribution in [3.05, 3.63) is 24.3 Å². The molecule has 0 spiro atoms. The Morgan fingerprint density at radius 2 is 1.90 bits per heavy atom. The van der Waals surface area contributed by atoms with E-state index in [1.54, 1.807) is 12.1 Å². The number of anilines is 1. The summed E-state index contributed by atoms with van der Waals surface area (Å²) in [5.41, 5.74) is 0.897. The SMILES string of the molecule is O=S(=O)(c1ccc(N2CCCCC2CCBr)cc1)C(F)F. The van der Waals surface area contributed by atoms with Crippen LogP contribution in [0.2, 0.25) is 0 Å². The average molecular weight is 382 g/mol. The third-order valence-electron chi connectivity index (χ3n) is 3.80. The fourth-order valence-electron chi connectivity index (χ4n) is 2.70. The summed E-state index contributed by atoms with van der Waals surface area (Å²) in [7, 11) is -4.51. The molecule has 1 unspecified atom stereocenters. The lowest BCUT2D eigenvalue weighted by Crippen LogP contribution is -2.39. The highest BCUT2D eigenvalue weighted by Gasteiger charge is 2.27. The van der Waals surface area contributed by atoms with Crippen LogP contribution in [0.1, 0.15) is 25.7 Å². The number of hydrogen-bond acceptors (Lipinski definition) is 3. The number of sulfone groups is 1. The Labute approximate surface area is 132 Å². The van der Waals surface area contributed by atoms with Crippen LogP contribution in [0.3, 0.4) is 0 Å². The number of piperidine rings is 1. The Hall–Kier alpha value is -0.690. The van der Waals surface area contributed by atoms with Crippen molar-refractivity contribution >= 4 is 31.5 Å². The second-order valence-corrected chi connectivity index (χ2v) is 7.83. The first-order chi connectivity index (χ1) is 9.96. The van der Waals surface area contributed by atoms with E-state index in [4.69, 9.17) is 0 Å². The van der Waals surface area contributed by atoms with Crippen LogP contribution < -0.4 is 4.90 Å². The topological polar surface area (TPSA) is 37.4 Å². The predicted octanol–water partition coefficient (Wildman–Crippen LogP) is 3.83. The van der Waals surface area contributed by atoms with E-state index in [-0.39, 0.29) is 4.90 Å². The maximum Gasteiger partial charge on any atom is 0.341 e. The third kappa shape index (κ3) is 3.74. The molecule has 2 rings (SSSR count). The number of hydrogen-bond donors (Lipinski definition) is 0. The number of alkyl halides is 3. The van der Waals surface area contributed by atoms with Crippen molar-refractivity contribution in [2.45, 2.75) is 42.4 Å². The molecule has 1 saturated heterocycles. The van der Waals surface area contributed by atoms with Gasteiger partial charge in [-0.2, -0.15) is 8.78 Å². The molecule has 1 aromatic rings. The standard InChI is InChI=1S/C14H18BrF2NO2S/c15-9-8-11-3-1-2-10-18(11)12-4-6-13(7-5-12)21(19,20)14(16)17/h4-7,11,14H,1-3,8-10H2. The van der Waals surface area contributed by atoms with Gasteiger partial charge in [0.05, 0.1) is 4.90 Å². The zero-order valence-electron chi connectivity index (χ0n) is 11.5. The summed E-state index contributed by atoms with van der Waals surface area (Å²) in [5, 5.41) is 0.909.